The van der Waals surface area contributed by atoms with E-state index in [0.29, 0.717) is 18.0 Å². The average Bonchev–Trinajstić information content (AvgIpc) is 3.25. The molecule has 0 radical (unpaired) electrons. The first-order chi connectivity index (χ1) is 12.3. The molecule has 1 aromatic carbocycles. The maximum absolute atomic E-state index is 13.2. The van der Waals surface area contributed by atoms with E-state index in [1.165, 1.54) is 11.3 Å². The molecule has 26 heavy (non-hydrogen) atoms. The van der Waals surface area contributed by atoms with Crippen LogP contribution in [0.5, 0.6) is 0 Å². The Morgan fingerprint density at radius 1 is 1.27 bits per heavy atom. The highest BCUT2D eigenvalue weighted by atomic mass is 32.1. The fraction of sp³-hybridized carbons (Fsp3) is 0.188. The summed E-state index contributed by atoms with van der Waals surface area (Å²) in [5.74, 6) is -1.33. The predicted molar refractivity (Wildman–Crippen MR) is 86.0 cm³/mol. The summed E-state index contributed by atoms with van der Waals surface area (Å²) in [5, 5.41) is 9.78. The second-order valence-electron chi connectivity index (χ2n) is 5.26. The Morgan fingerprint density at radius 2 is 2.08 bits per heavy atom. The Kier molecular flexibility index (Phi) is 5.03. The van der Waals surface area contributed by atoms with E-state index in [4.69, 9.17) is 4.52 Å². The smallest absolute Gasteiger partial charge is 0.339 e. The zero-order chi connectivity index (χ0) is 18.7. The number of carbonyl (C=O) groups excluding carboxylic acids is 1. The third-order valence-electron chi connectivity index (χ3n) is 3.37. The van der Waals surface area contributed by atoms with Crippen LogP contribution in [0.3, 0.4) is 0 Å². The van der Waals surface area contributed by atoms with Crippen LogP contribution in [0.4, 0.5) is 23.2 Å². The predicted octanol–water partition coefficient (Wildman–Crippen LogP) is 4.53. The van der Waals surface area contributed by atoms with Gasteiger partial charge in [0, 0.05) is 29.5 Å². The van der Waals surface area contributed by atoms with Gasteiger partial charge < -0.3 is 9.84 Å². The fourth-order valence-corrected chi connectivity index (χ4v) is 2.76. The molecule has 0 aliphatic carbocycles. The van der Waals surface area contributed by atoms with Crippen molar-refractivity contribution in [2.75, 3.05) is 5.32 Å². The molecule has 2 aromatic heterocycles. The Hall–Kier alpha value is -2.75. The largest absolute Gasteiger partial charge is 0.419 e. The number of thiophene rings is 1. The van der Waals surface area contributed by atoms with Gasteiger partial charge in [0.15, 0.2) is 0 Å². The zero-order valence-corrected chi connectivity index (χ0v) is 13.8. The summed E-state index contributed by atoms with van der Waals surface area (Å²) < 4.78 is 56.3. The number of halogens is 4. The zero-order valence-electron chi connectivity index (χ0n) is 13.0. The van der Waals surface area contributed by atoms with Crippen LogP contribution in [0.25, 0.3) is 11.4 Å². The molecule has 1 N–H and O–H groups in total. The van der Waals surface area contributed by atoms with Crippen molar-refractivity contribution < 1.29 is 26.9 Å². The number of nitrogens with one attached hydrogen (secondary N) is 1. The van der Waals surface area contributed by atoms with Crippen molar-refractivity contribution in [2.45, 2.75) is 19.0 Å². The molecule has 0 saturated carbocycles. The van der Waals surface area contributed by atoms with E-state index in [9.17, 15) is 22.4 Å². The molecule has 0 atom stereocenters. The highest BCUT2D eigenvalue weighted by Gasteiger charge is 2.34. The number of carbonyl (C=O) groups is 1. The third-order valence-corrected chi connectivity index (χ3v) is 4.05. The number of alkyl halides is 3. The molecule has 0 aliphatic heterocycles. The second-order valence-corrected chi connectivity index (χ2v) is 6.04. The van der Waals surface area contributed by atoms with Crippen LogP contribution >= 0.6 is 11.3 Å². The van der Waals surface area contributed by atoms with Gasteiger partial charge in [-0.15, -0.1) is 0 Å². The van der Waals surface area contributed by atoms with Crippen LogP contribution < -0.4 is 5.32 Å². The van der Waals surface area contributed by atoms with E-state index in [0.717, 1.165) is 11.6 Å². The highest BCUT2D eigenvalue weighted by Crippen LogP contribution is 2.33. The summed E-state index contributed by atoms with van der Waals surface area (Å²) in [6.07, 6.45) is -4.80. The first-order valence-electron chi connectivity index (χ1n) is 7.34. The normalized spacial score (nSPS) is 11.5. The number of nitrogens with zero attached hydrogens (tertiary/aromatic N) is 2. The molecule has 10 heteroatoms. The average molecular weight is 385 g/mol. The Bertz CT molecular complexity index is 907. The van der Waals surface area contributed by atoms with Crippen molar-refractivity contribution >= 4 is 22.9 Å². The van der Waals surface area contributed by atoms with Gasteiger partial charge in [0.2, 0.25) is 17.6 Å². The molecular weight excluding hydrogens is 374 g/mol. The summed E-state index contributed by atoms with van der Waals surface area (Å²) in [6.45, 7) is 0. The van der Waals surface area contributed by atoms with Gasteiger partial charge in [0.25, 0.3) is 0 Å². The van der Waals surface area contributed by atoms with Crippen LogP contribution in [0, 0.1) is 5.82 Å². The number of amides is 1. The first kappa shape index (κ1) is 18.1. The molecule has 0 fully saturated rings. The van der Waals surface area contributed by atoms with Gasteiger partial charge in [0.05, 0.1) is 5.56 Å². The lowest BCUT2D eigenvalue weighted by Gasteiger charge is -2.10. The van der Waals surface area contributed by atoms with Gasteiger partial charge in [-0.2, -0.15) is 29.5 Å². The number of hydrogen-bond donors (Lipinski definition) is 1. The van der Waals surface area contributed by atoms with Crippen LogP contribution in [0.1, 0.15) is 17.9 Å². The molecule has 1 amide bonds. The van der Waals surface area contributed by atoms with E-state index < -0.39 is 23.5 Å². The Labute approximate surface area is 148 Å². The number of aromatic nitrogens is 2. The van der Waals surface area contributed by atoms with E-state index >= 15 is 0 Å². The van der Waals surface area contributed by atoms with Crippen LogP contribution in [0.2, 0.25) is 0 Å². The first-order valence-corrected chi connectivity index (χ1v) is 8.29. The molecule has 3 aromatic rings. The Morgan fingerprint density at radius 3 is 2.77 bits per heavy atom. The van der Waals surface area contributed by atoms with E-state index in [2.05, 4.69) is 15.5 Å². The van der Waals surface area contributed by atoms with Crippen LogP contribution in [-0.4, -0.2) is 16.0 Å². The van der Waals surface area contributed by atoms with E-state index in [1.54, 1.807) is 0 Å². The van der Waals surface area contributed by atoms with E-state index in [-0.39, 0.29) is 24.4 Å². The van der Waals surface area contributed by atoms with Crippen molar-refractivity contribution in [3.05, 3.63) is 52.3 Å². The maximum Gasteiger partial charge on any atom is 0.419 e. The summed E-state index contributed by atoms with van der Waals surface area (Å²) in [4.78, 5) is 16.0. The van der Waals surface area contributed by atoms with Crippen LogP contribution in [0.15, 0.2) is 39.5 Å². The molecule has 2 heterocycles. The summed E-state index contributed by atoms with van der Waals surface area (Å²) in [5.41, 5.74) is -0.790. The van der Waals surface area contributed by atoms with Crippen molar-refractivity contribution in [3.63, 3.8) is 0 Å². The molecule has 0 bridgehead atoms. The fourth-order valence-electron chi connectivity index (χ4n) is 2.13. The topological polar surface area (TPSA) is 68.0 Å². The second kappa shape index (κ2) is 7.24. The lowest BCUT2D eigenvalue weighted by molar-refractivity contribution is -0.140. The molecule has 3 rings (SSSR count). The summed E-state index contributed by atoms with van der Waals surface area (Å²) in [7, 11) is 0. The molecule has 0 aliphatic rings. The number of rotatable bonds is 5. The molecule has 5 nitrogen and oxygen atoms in total. The standard InChI is InChI=1S/C16H11F4N3O2S/c17-12-2-1-10(7-11(12)16(18,19)20)21-13(24)3-4-14-22-15(23-25-14)9-5-6-26-8-9/h1-2,5-8H,3-4H2,(H,21,24). The quantitative estimate of drug-likeness (QED) is 0.656. The minimum atomic E-state index is -4.84. The van der Waals surface area contributed by atoms with Crippen molar-refractivity contribution in [3.8, 4) is 11.4 Å². The molecule has 0 unspecified atom stereocenters. The molecule has 0 spiro atoms. The van der Waals surface area contributed by atoms with Gasteiger partial charge in [-0.3, -0.25) is 4.79 Å². The lowest BCUT2D eigenvalue weighted by atomic mass is 10.1. The minimum absolute atomic E-state index is 0.0794. The van der Waals surface area contributed by atoms with Gasteiger partial charge in [-0.1, -0.05) is 5.16 Å². The van der Waals surface area contributed by atoms with Gasteiger partial charge in [0.1, 0.15) is 5.82 Å². The van der Waals surface area contributed by atoms with Crippen molar-refractivity contribution in [1.82, 2.24) is 10.1 Å². The SMILES string of the molecule is O=C(CCc1nc(-c2ccsc2)no1)Nc1ccc(F)c(C(F)(F)F)c1. The Balaban J connectivity index is 1.60. The van der Waals surface area contributed by atoms with Gasteiger partial charge >= 0.3 is 6.18 Å². The molecule has 0 saturated heterocycles. The van der Waals surface area contributed by atoms with Crippen molar-refractivity contribution in [1.29, 1.82) is 0 Å². The lowest BCUT2D eigenvalue weighted by Crippen LogP contribution is -2.14. The number of aryl methyl sites for hydroxylation is 1. The molecular formula is C16H11F4N3O2S. The van der Waals surface area contributed by atoms with Gasteiger partial charge in [-0.25, -0.2) is 4.39 Å². The monoisotopic (exact) mass is 385 g/mol. The van der Waals surface area contributed by atoms with Crippen molar-refractivity contribution in [2.24, 2.45) is 0 Å². The van der Waals surface area contributed by atoms with Gasteiger partial charge in [-0.05, 0) is 29.6 Å². The number of anilines is 1. The summed E-state index contributed by atoms with van der Waals surface area (Å²) >= 11 is 1.47. The van der Waals surface area contributed by atoms with Crippen LogP contribution in [-0.2, 0) is 17.4 Å². The number of hydrogen-bond acceptors (Lipinski definition) is 5. The molecule has 136 valence electrons. The third kappa shape index (κ3) is 4.26. The van der Waals surface area contributed by atoms with E-state index in [1.807, 2.05) is 16.8 Å². The minimum Gasteiger partial charge on any atom is -0.339 e. The summed E-state index contributed by atoms with van der Waals surface area (Å²) in [6, 6.07) is 4.08. The highest BCUT2D eigenvalue weighted by molar-refractivity contribution is 7.08. The number of benzene rings is 1. The maximum atomic E-state index is 13.2.